The molecule has 110 valence electrons. The summed E-state index contributed by atoms with van der Waals surface area (Å²) in [7, 11) is 0. The molecule has 0 saturated heterocycles. The van der Waals surface area contributed by atoms with Gasteiger partial charge in [-0.3, -0.25) is 9.69 Å². The Bertz CT molecular complexity index is 502. The lowest BCUT2D eigenvalue weighted by atomic mass is 9.84. The van der Waals surface area contributed by atoms with Crippen LogP contribution in [0.5, 0.6) is 0 Å². The van der Waals surface area contributed by atoms with Crippen LogP contribution in [-0.2, 0) is 23.2 Å². The van der Waals surface area contributed by atoms with Crippen LogP contribution in [0.3, 0.4) is 0 Å². The second kappa shape index (κ2) is 5.57. The molecule has 1 aliphatic rings. The fourth-order valence-corrected chi connectivity index (χ4v) is 2.90. The molecule has 3 nitrogen and oxygen atoms in total. The van der Waals surface area contributed by atoms with Gasteiger partial charge in [-0.15, -0.1) is 0 Å². The van der Waals surface area contributed by atoms with E-state index in [4.69, 9.17) is 0 Å². The van der Waals surface area contributed by atoms with E-state index in [1.54, 1.807) is 0 Å². The molecule has 0 aromatic heterocycles. The van der Waals surface area contributed by atoms with Crippen molar-refractivity contribution in [2.45, 2.75) is 58.5 Å². The van der Waals surface area contributed by atoms with E-state index in [1.165, 1.54) is 16.7 Å². The molecule has 3 heteroatoms. The number of fused-ring (bicyclic) bond motifs is 1. The third-order valence-electron chi connectivity index (χ3n) is 4.23. The predicted octanol–water partition coefficient (Wildman–Crippen LogP) is 3.21. The molecule has 0 amide bonds. The monoisotopic (exact) mass is 275 g/mol. The maximum Gasteiger partial charge on any atom is 0.320 e. The Labute approximate surface area is 121 Å². The van der Waals surface area contributed by atoms with Gasteiger partial charge in [0.2, 0.25) is 0 Å². The Kier molecular flexibility index (Phi) is 4.19. The molecule has 1 aromatic rings. The molecule has 0 aliphatic carbocycles. The number of carboxylic acid groups (broad SMARTS) is 1. The third-order valence-corrected chi connectivity index (χ3v) is 4.23. The normalized spacial score (nSPS) is 17.6. The Hall–Kier alpha value is -1.35. The molecule has 1 heterocycles. The second-order valence-electron chi connectivity index (χ2n) is 6.72. The Morgan fingerprint density at radius 2 is 2.05 bits per heavy atom. The van der Waals surface area contributed by atoms with Crippen molar-refractivity contribution in [2.75, 3.05) is 6.54 Å². The van der Waals surface area contributed by atoms with Crippen LogP contribution in [0.25, 0.3) is 0 Å². The second-order valence-corrected chi connectivity index (χ2v) is 6.72. The van der Waals surface area contributed by atoms with Crippen LogP contribution < -0.4 is 0 Å². The molecule has 20 heavy (non-hydrogen) atoms. The topological polar surface area (TPSA) is 40.5 Å². The summed E-state index contributed by atoms with van der Waals surface area (Å²) in [4.78, 5) is 13.4. The van der Waals surface area contributed by atoms with Crippen LogP contribution in [0.1, 0.15) is 50.8 Å². The highest BCUT2D eigenvalue weighted by Gasteiger charge is 2.27. The molecule has 0 bridgehead atoms. The highest BCUT2D eigenvalue weighted by molar-refractivity contribution is 5.73. The van der Waals surface area contributed by atoms with Gasteiger partial charge in [-0.05, 0) is 34.9 Å². The summed E-state index contributed by atoms with van der Waals surface area (Å²) in [6.07, 6.45) is 1.60. The van der Waals surface area contributed by atoms with Gasteiger partial charge in [0, 0.05) is 13.1 Å². The van der Waals surface area contributed by atoms with Crippen LogP contribution in [0.2, 0.25) is 0 Å². The molecule has 1 aromatic carbocycles. The Balaban J connectivity index is 2.22. The first-order valence-electron chi connectivity index (χ1n) is 7.42. The van der Waals surface area contributed by atoms with Crippen LogP contribution in [0.15, 0.2) is 18.2 Å². The molecular formula is C17H25NO2. The summed E-state index contributed by atoms with van der Waals surface area (Å²) in [5.74, 6) is -0.706. The number of hydrogen-bond acceptors (Lipinski definition) is 2. The summed E-state index contributed by atoms with van der Waals surface area (Å²) in [5.41, 5.74) is 4.19. The summed E-state index contributed by atoms with van der Waals surface area (Å²) in [5, 5.41) is 9.28. The first-order valence-corrected chi connectivity index (χ1v) is 7.42. The number of nitrogens with zero attached hydrogens (tertiary/aromatic N) is 1. The van der Waals surface area contributed by atoms with Crippen molar-refractivity contribution in [3.63, 3.8) is 0 Å². The molecule has 0 saturated carbocycles. The minimum absolute atomic E-state index is 0.166. The summed E-state index contributed by atoms with van der Waals surface area (Å²) in [6.45, 7) is 10.2. The van der Waals surface area contributed by atoms with E-state index in [0.717, 1.165) is 19.5 Å². The van der Waals surface area contributed by atoms with Gasteiger partial charge in [-0.1, -0.05) is 45.9 Å². The first-order chi connectivity index (χ1) is 9.32. The minimum Gasteiger partial charge on any atom is -0.480 e. The van der Waals surface area contributed by atoms with Crippen molar-refractivity contribution >= 4 is 5.97 Å². The maximum atomic E-state index is 11.3. The number of carbonyl (C=O) groups is 1. The fourth-order valence-electron chi connectivity index (χ4n) is 2.90. The molecular weight excluding hydrogens is 250 g/mol. The lowest BCUT2D eigenvalue weighted by molar-refractivity contribution is -0.143. The molecule has 2 rings (SSSR count). The molecule has 1 atom stereocenters. The van der Waals surface area contributed by atoms with Crippen molar-refractivity contribution in [2.24, 2.45) is 0 Å². The average Bonchev–Trinajstić information content (AvgIpc) is 2.37. The fraction of sp³-hybridized carbons (Fsp3) is 0.588. The highest BCUT2D eigenvalue weighted by atomic mass is 16.4. The van der Waals surface area contributed by atoms with Gasteiger partial charge < -0.3 is 5.11 Å². The lowest BCUT2D eigenvalue weighted by Gasteiger charge is -2.33. The number of carboxylic acids is 1. The van der Waals surface area contributed by atoms with E-state index in [0.29, 0.717) is 6.42 Å². The zero-order valence-corrected chi connectivity index (χ0v) is 12.9. The summed E-state index contributed by atoms with van der Waals surface area (Å²) >= 11 is 0. The van der Waals surface area contributed by atoms with E-state index >= 15 is 0 Å². The van der Waals surface area contributed by atoms with E-state index in [-0.39, 0.29) is 11.5 Å². The van der Waals surface area contributed by atoms with Gasteiger partial charge in [0.05, 0.1) is 0 Å². The van der Waals surface area contributed by atoms with Gasteiger partial charge in [0.15, 0.2) is 0 Å². The summed E-state index contributed by atoms with van der Waals surface area (Å²) in [6, 6.07) is 6.31. The van der Waals surface area contributed by atoms with Gasteiger partial charge >= 0.3 is 5.97 Å². The maximum absolute atomic E-state index is 11.3. The van der Waals surface area contributed by atoms with Gasteiger partial charge in [-0.25, -0.2) is 0 Å². The quantitative estimate of drug-likeness (QED) is 0.921. The first kappa shape index (κ1) is 15.0. The SMILES string of the molecule is CC[C@@H](C(=O)O)N1CCc2cc(C(C)(C)C)ccc2C1. The van der Waals surface area contributed by atoms with E-state index < -0.39 is 5.97 Å². The zero-order chi connectivity index (χ0) is 14.9. The van der Waals surface area contributed by atoms with Crippen LogP contribution in [-0.4, -0.2) is 28.6 Å². The molecule has 0 radical (unpaired) electrons. The van der Waals surface area contributed by atoms with Gasteiger partial charge in [0.1, 0.15) is 6.04 Å². The Morgan fingerprint density at radius 1 is 1.35 bits per heavy atom. The van der Waals surface area contributed by atoms with Crippen molar-refractivity contribution in [1.82, 2.24) is 4.90 Å². The molecule has 0 spiro atoms. The molecule has 1 N–H and O–H groups in total. The summed E-state index contributed by atoms with van der Waals surface area (Å²) < 4.78 is 0. The van der Waals surface area contributed by atoms with Crippen molar-refractivity contribution in [1.29, 1.82) is 0 Å². The van der Waals surface area contributed by atoms with Crippen LogP contribution >= 0.6 is 0 Å². The van der Waals surface area contributed by atoms with Crippen molar-refractivity contribution in [3.8, 4) is 0 Å². The van der Waals surface area contributed by atoms with E-state index in [1.807, 2.05) is 6.92 Å². The van der Waals surface area contributed by atoms with Crippen LogP contribution in [0, 0.1) is 0 Å². The average molecular weight is 275 g/mol. The third kappa shape index (κ3) is 3.04. The lowest BCUT2D eigenvalue weighted by Crippen LogP contribution is -2.43. The van der Waals surface area contributed by atoms with Crippen molar-refractivity contribution < 1.29 is 9.90 Å². The van der Waals surface area contributed by atoms with Crippen molar-refractivity contribution in [3.05, 3.63) is 34.9 Å². The number of benzene rings is 1. The smallest absolute Gasteiger partial charge is 0.320 e. The van der Waals surface area contributed by atoms with E-state index in [2.05, 4.69) is 43.9 Å². The van der Waals surface area contributed by atoms with E-state index in [9.17, 15) is 9.90 Å². The largest absolute Gasteiger partial charge is 0.480 e. The number of rotatable bonds is 3. The number of aliphatic carboxylic acids is 1. The van der Waals surface area contributed by atoms with Gasteiger partial charge in [-0.2, -0.15) is 0 Å². The molecule has 1 aliphatic heterocycles. The molecule has 0 unspecified atom stereocenters. The molecule has 0 fully saturated rings. The predicted molar refractivity (Wildman–Crippen MR) is 81.0 cm³/mol. The minimum atomic E-state index is -0.706. The Morgan fingerprint density at radius 3 is 2.60 bits per heavy atom. The number of hydrogen-bond donors (Lipinski definition) is 1. The highest BCUT2D eigenvalue weighted by Crippen LogP contribution is 2.28. The van der Waals surface area contributed by atoms with Gasteiger partial charge in [0.25, 0.3) is 0 Å². The zero-order valence-electron chi connectivity index (χ0n) is 12.9. The van der Waals surface area contributed by atoms with Crippen LogP contribution in [0.4, 0.5) is 0 Å². The standard InChI is InChI=1S/C17H25NO2/c1-5-15(16(19)20)18-9-8-12-10-14(17(2,3)4)7-6-13(12)11-18/h6-7,10,15H,5,8-9,11H2,1-4H3,(H,19,20)/t15-/m0/s1.